The van der Waals surface area contributed by atoms with Crippen LogP contribution < -0.4 is 0 Å². The highest BCUT2D eigenvalue weighted by molar-refractivity contribution is 5.89. The molecule has 0 unspecified atom stereocenters. The highest BCUT2D eigenvalue weighted by Gasteiger charge is 2.38. The van der Waals surface area contributed by atoms with E-state index in [-0.39, 0.29) is 5.69 Å². The molecule has 0 aromatic carbocycles. The summed E-state index contributed by atoms with van der Waals surface area (Å²) in [6.07, 6.45) is -2.00. The Morgan fingerprint density at radius 2 is 1.80 bits per heavy atom. The quantitative estimate of drug-likeness (QED) is 0.820. The van der Waals surface area contributed by atoms with Crippen molar-refractivity contribution in [3.8, 4) is 0 Å². The zero-order valence-corrected chi connectivity index (χ0v) is 9.92. The van der Waals surface area contributed by atoms with Crippen LogP contribution in [0.3, 0.4) is 0 Å². The van der Waals surface area contributed by atoms with E-state index in [1.807, 2.05) is 0 Å². The SMILES string of the molecule is Cn1cnc2cnc(C(=O)O)cc21.O=C(O)C(F)(F)F. The molecule has 2 aromatic rings. The smallest absolute Gasteiger partial charge is 0.477 e. The molecule has 0 fully saturated rings. The third kappa shape index (κ3) is 3.67. The number of nitrogens with zero attached hydrogens (tertiary/aromatic N) is 3. The van der Waals surface area contributed by atoms with Gasteiger partial charge in [0, 0.05) is 7.05 Å². The average molecular weight is 291 g/mol. The maximum atomic E-state index is 10.6. The molecule has 0 spiro atoms. The summed E-state index contributed by atoms with van der Waals surface area (Å²) < 4.78 is 33.5. The van der Waals surface area contributed by atoms with Crippen LogP contribution >= 0.6 is 0 Å². The molecule has 0 atom stereocenters. The fraction of sp³-hybridized carbons (Fsp3) is 0.200. The minimum atomic E-state index is -5.08. The largest absolute Gasteiger partial charge is 0.490 e. The predicted octanol–water partition coefficient (Wildman–Crippen LogP) is 1.30. The van der Waals surface area contributed by atoms with E-state index in [2.05, 4.69) is 9.97 Å². The number of pyridine rings is 1. The van der Waals surface area contributed by atoms with Crippen molar-refractivity contribution in [3.63, 3.8) is 0 Å². The topological polar surface area (TPSA) is 105 Å². The molecular weight excluding hydrogens is 283 g/mol. The van der Waals surface area contributed by atoms with Gasteiger partial charge in [0.05, 0.1) is 18.0 Å². The molecule has 0 aliphatic rings. The van der Waals surface area contributed by atoms with Crippen LogP contribution in [0.2, 0.25) is 0 Å². The first kappa shape index (κ1) is 15.4. The Labute approximate surface area is 109 Å². The van der Waals surface area contributed by atoms with Gasteiger partial charge in [0.2, 0.25) is 0 Å². The van der Waals surface area contributed by atoms with Gasteiger partial charge >= 0.3 is 18.1 Å². The Morgan fingerprint density at radius 1 is 1.25 bits per heavy atom. The van der Waals surface area contributed by atoms with Gasteiger partial charge in [-0.15, -0.1) is 0 Å². The molecule has 0 radical (unpaired) electrons. The summed E-state index contributed by atoms with van der Waals surface area (Å²) in [6.45, 7) is 0. The summed E-state index contributed by atoms with van der Waals surface area (Å²) in [4.78, 5) is 27.3. The van der Waals surface area contributed by atoms with Crippen LogP contribution in [-0.4, -0.2) is 42.9 Å². The van der Waals surface area contributed by atoms with Crippen molar-refractivity contribution in [2.45, 2.75) is 6.18 Å². The number of carboxylic acids is 2. The van der Waals surface area contributed by atoms with Gasteiger partial charge in [-0.3, -0.25) is 0 Å². The highest BCUT2D eigenvalue weighted by atomic mass is 19.4. The monoisotopic (exact) mass is 291 g/mol. The molecule has 7 nitrogen and oxygen atoms in total. The van der Waals surface area contributed by atoms with Gasteiger partial charge in [0.1, 0.15) is 11.2 Å². The minimum absolute atomic E-state index is 0.0381. The van der Waals surface area contributed by atoms with Gasteiger partial charge in [0.15, 0.2) is 0 Å². The first-order valence-corrected chi connectivity index (χ1v) is 4.93. The lowest BCUT2D eigenvalue weighted by molar-refractivity contribution is -0.192. The highest BCUT2D eigenvalue weighted by Crippen LogP contribution is 2.13. The number of alkyl halides is 3. The zero-order chi connectivity index (χ0) is 15.5. The number of hydrogen-bond donors (Lipinski definition) is 2. The van der Waals surface area contributed by atoms with E-state index >= 15 is 0 Å². The molecule has 0 amide bonds. The van der Waals surface area contributed by atoms with Crippen molar-refractivity contribution >= 4 is 23.0 Å². The molecular formula is C10H8F3N3O4. The number of aryl methyl sites for hydroxylation is 1. The number of imidazole rings is 1. The number of hydrogen-bond acceptors (Lipinski definition) is 4. The molecule has 2 heterocycles. The molecule has 0 saturated heterocycles. The maximum Gasteiger partial charge on any atom is 0.490 e. The van der Waals surface area contributed by atoms with Crippen LogP contribution in [0.5, 0.6) is 0 Å². The van der Waals surface area contributed by atoms with Crippen LogP contribution in [0.25, 0.3) is 11.0 Å². The lowest BCUT2D eigenvalue weighted by Crippen LogP contribution is -2.21. The van der Waals surface area contributed by atoms with E-state index in [0.717, 1.165) is 5.52 Å². The van der Waals surface area contributed by atoms with Crippen LogP contribution in [0.15, 0.2) is 18.6 Å². The molecule has 2 aromatic heterocycles. The van der Waals surface area contributed by atoms with Gasteiger partial charge in [-0.1, -0.05) is 0 Å². The number of aliphatic carboxylic acids is 1. The van der Waals surface area contributed by atoms with Gasteiger partial charge in [-0.05, 0) is 6.07 Å². The predicted molar refractivity (Wildman–Crippen MR) is 59.2 cm³/mol. The van der Waals surface area contributed by atoms with E-state index in [9.17, 15) is 18.0 Å². The Hall–Kier alpha value is -2.65. The Kier molecular flexibility index (Phi) is 4.27. The van der Waals surface area contributed by atoms with E-state index in [0.29, 0.717) is 5.52 Å². The van der Waals surface area contributed by atoms with Gasteiger partial charge < -0.3 is 14.8 Å². The summed E-state index contributed by atoms with van der Waals surface area (Å²) >= 11 is 0. The van der Waals surface area contributed by atoms with Crippen molar-refractivity contribution in [2.75, 3.05) is 0 Å². The van der Waals surface area contributed by atoms with Crippen molar-refractivity contribution in [1.82, 2.24) is 14.5 Å². The second-order valence-corrected chi connectivity index (χ2v) is 3.52. The number of fused-ring (bicyclic) bond motifs is 1. The van der Waals surface area contributed by atoms with Crippen molar-refractivity contribution in [2.24, 2.45) is 7.05 Å². The fourth-order valence-corrected chi connectivity index (χ4v) is 1.15. The molecule has 0 aliphatic carbocycles. The van der Waals surface area contributed by atoms with Crippen molar-refractivity contribution in [1.29, 1.82) is 0 Å². The second kappa shape index (κ2) is 5.55. The Balaban J connectivity index is 0.000000246. The third-order valence-electron chi connectivity index (χ3n) is 2.07. The summed E-state index contributed by atoms with van der Waals surface area (Å²) in [5.74, 6) is -3.78. The van der Waals surface area contributed by atoms with Crippen LogP contribution in [0.1, 0.15) is 10.5 Å². The summed E-state index contributed by atoms with van der Waals surface area (Å²) in [6, 6.07) is 1.50. The molecule has 10 heteroatoms. The minimum Gasteiger partial charge on any atom is -0.477 e. The lowest BCUT2D eigenvalue weighted by atomic mass is 10.3. The van der Waals surface area contributed by atoms with Crippen molar-refractivity contribution < 1.29 is 33.0 Å². The number of carbonyl (C=O) groups is 2. The third-order valence-corrected chi connectivity index (χ3v) is 2.07. The first-order chi connectivity index (χ1) is 9.12. The normalized spacial score (nSPS) is 10.8. The molecule has 108 valence electrons. The zero-order valence-electron chi connectivity index (χ0n) is 9.92. The van der Waals surface area contributed by atoms with Crippen molar-refractivity contribution in [3.05, 3.63) is 24.3 Å². The molecule has 0 aliphatic heterocycles. The number of aromatic carboxylic acids is 1. The molecule has 0 bridgehead atoms. The summed E-state index contributed by atoms with van der Waals surface area (Å²) in [7, 11) is 1.81. The number of rotatable bonds is 1. The van der Waals surface area contributed by atoms with Crippen LogP contribution in [0.4, 0.5) is 13.2 Å². The molecule has 2 rings (SSSR count). The second-order valence-electron chi connectivity index (χ2n) is 3.52. The molecule has 0 saturated carbocycles. The summed E-state index contributed by atoms with van der Waals surface area (Å²) in [5, 5.41) is 15.8. The molecule has 20 heavy (non-hydrogen) atoms. The fourth-order valence-electron chi connectivity index (χ4n) is 1.15. The first-order valence-electron chi connectivity index (χ1n) is 4.93. The van der Waals surface area contributed by atoms with Gasteiger partial charge in [0.25, 0.3) is 0 Å². The number of carboxylic acid groups (broad SMARTS) is 2. The molecule has 2 N–H and O–H groups in total. The van der Waals surface area contributed by atoms with E-state index < -0.39 is 18.1 Å². The Bertz CT molecular complexity index is 651. The standard InChI is InChI=1S/C8H7N3O2.C2HF3O2/c1-11-4-10-6-3-9-5(8(12)13)2-7(6)11;3-2(4,5)1(6)7/h2-4H,1H3,(H,12,13);(H,6,7). The average Bonchev–Trinajstić information content (AvgIpc) is 2.70. The van der Waals surface area contributed by atoms with E-state index in [1.165, 1.54) is 12.3 Å². The Morgan fingerprint density at radius 3 is 2.25 bits per heavy atom. The van der Waals surface area contributed by atoms with E-state index in [1.54, 1.807) is 17.9 Å². The number of aromatic nitrogens is 3. The van der Waals surface area contributed by atoms with Gasteiger partial charge in [-0.2, -0.15) is 13.2 Å². The van der Waals surface area contributed by atoms with Crippen LogP contribution in [-0.2, 0) is 11.8 Å². The lowest BCUT2D eigenvalue weighted by Gasteiger charge is -1.95. The number of halogens is 3. The van der Waals surface area contributed by atoms with Gasteiger partial charge in [-0.25, -0.2) is 19.6 Å². The van der Waals surface area contributed by atoms with E-state index in [4.69, 9.17) is 15.0 Å². The summed E-state index contributed by atoms with van der Waals surface area (Å²) in [5.41, 5.74) is 1.51. The maximum absolute atomic E-state index is 10.6. The van der Waals surface area contributed by atoms with Crippen LogP contribution in [0, 0.1) is 0 Å².